The number of rotatable bonds is 4. The first-order valence-corrected chi connectivity index (χ1v) is 6.59. The number of nitrogens with two attached hydrogens (primary N) is 1. The summed E-state index contributed by atoms with van der Waals surface area (Å²) in [6, 6.07) is 11.5. The van der Waals surface area contributed by atoms with Gasteiger partial charge in [0.1, 0.15) is 11.6 Å². The molecule has 0 bridgehead atoms. The molecule has 0 radical (unpaired) electrons. The van der Waals surface area contributed by atoms with Crippen LogP contribution in [0.2, 0.25) is 0 Å². The molecule has 0 aliphatic rings. The molecule has 6 heteroatoms. The molecule has 3 aromatic rings. The highest BCUT2D eigenvalue weighted by Crippen LogP contribution is 2.07. The first kappa shape index (κ1) is 13.1. The Morgan fingerprint density at radius 1 is 0.714 bits per heavy atom. The van der Waals surface area contributed by atoms with Gasteiger partial charge in [-0.25, -0.2) is 4.98 Å². The fourth-order valence-corrected chi connectivity index (χ4v) is 1.98. The van der Waals surface area contributed by atoms with E-state index in [0.29, 0.717) is 24.5 Å². The van der Waals surface area contributed by atoms with Gasteiger partial charge in [0.2, 0.25) is 5.95 Å². The van der Waals surface area contributed by atoms with E-state index in [-0.39, 0.29) is 5.95 Å². The zero-order valence-electron chi connectivity index (χ0n) is 11.3. The highest BCUT2D eigenvalue weighted by atomic mass is 15.1. The minimum atomic E-state index is 0.224. The average molecular weight is 278 g/mol. The Kier molecular flexibility index (Phi) is 3.77. The van der Waals surface area contributed by atoms with Crippen LogP contribution in [0.25, 0.3) is 0 Å². The molecule has 21 heavy (non-hydrogen) atoms. The summed E-state index contributed by atoms with van der Waals surface area (Å²) in [5.41, 5.74) is 7.55. The summed E-state index contributed by atoms with van der Waals surface area (Å²) in [7, 11) is 0. The van der Waals surface area contributed by atoms with E-state index >= 15 is 0 Å². The van der Waals surface area contributed by atoms with Crippen molar-refractivity contribution < 1.29 is 0 Å². The number of pyridine rings is 2. The average Bonchev–Trinajstić information content (AvgIpc) is 2.48. The van der Waals surface area contributed by atoms with Crippen molar-refractivity contribution in [2.45, 2.75) is 12.8 Å². The lowest BCUT2D eigenvalue weighted by Crippen LogP contribution is -2.09. The van der Waals surface area contributed by atoms with Crippen LogP contribution >= 0.6 is 0 Å². The maximum atomic E-state index is 5.76. The maximum absolute atomic E-state index is 5.76. The number of nitrogens with zero attached hydrogens (tertiary/aromatic N) is 5. The number of hydrogen-bond acceptors (Lipinski definition) is 6. The standard InChI is InChI=1S/C15H14N6/c16-15-20-13(9-11-5-1-3-7-17-11)19-14(21-15)10-12-6-2-4-8-18-12/h1-8H,9-10H2,(H2,16,19,20,21). The maximum Gasteiger partial charge on any atom is 0.223 e. The van der Waals surface area contributed by atoms with Crippen molar-refractivity contribution in [3.63, 3.8) is 0 Å². The third-order valence-electron chi connectivity index (χ3n) is 2.88. The van der Waals surface area contributed by atoms with Gasteiger partial charge in [0.25, 0.3) is 0 Å². The minimum Gasteiger partial charge on any atom is -0.368 e. The number of anilines is 1. The second-order valence-corrected chi connectivity index (χ2v) is 4.52. The first-order chi connectivity index (χ1) is 10.3. The van der Waals surface area contributed by atoms with Gasteiger partial charge < -0.3 is 5.73 Å². The van der Waals surface area contributed by atoms with Gasteiger partial charge >= 0.3 is 0 Å². The number of nitrogen functional groups attached to an aromatic ring is 1. The molecular weight excluding hydrogens is 264 g/mol. The van der Waals surface area contributed by atoms with Gasteiger partial charge in [0, 0.05) is 23.8 Å². The van der Waals surface area contributed by atoms with Crippen molar-refractivity contribution in [1.29, 1.82) is 0 Å². The fourth-order valence-electron chi connectivity index (χ4n) is 1.98. The molecule has 3 aromatic heterocycles. The Morgan fingerprint density at radius 2 is 1.24 bits per heavy atom. The molecule has 0 atom stereocenters. The Bertz CT molecular complexity index is 655. The van der Waals surface area contributed by atoms with Gasteiger partial charge in [-0.15, -0.1) is 0 Å². The van der Waals surface area contributed by atoms with Crippen molar-refractivity contribution in [1.82, 2.24) is 24.9 Å². The minimum absolute atomic E-state index is 0.224. The van der Waals surface area contributed by atoms with E-state index in [9.17, 15) is 0 Å². The molecule has 0 spiro atoms. The lowest BCUT2D eigenvalue weighted by Gasteiger charge is -2.04. The summed E-state index contributed by atoms with van der Waals surface area (Å²) >= 11 is 0. The summed E-state index contributed by atoms with van der Waals surface area (Å²) < 4.78 is 0. The van der Waals surface area contributed by atoms with E-state index in [0.717, 1.165) is 11.4 Å². The van der Waals surface area contributed by atoms with Crippen molar-refractivity contribution in [3.8, 4) is 0 Å². The highest BCUT2D eigenvalue weighted by Gasteiger charge is 2.07. The van der Waals surface area contributed by atoms with Crippen LogP contribution in [0.4, 0.5) is 5.95 Å². The Labute approximate surface area is 122 Å². The van der Waals surface area contributed by atoms with Crippen molar-refractivity contribution >= 4 is 5.95 Å². The Morgan fingerprint density at radius 3 is 1.67 bits per heavy atom. The van der Waals surface area contributed by atoms with Crippen LogP contribution in [0.5, 0.6) is 0 Å². The van der Waals surface area contributed by atoms with E-state index in [1.54, 1.807) is 12.4 Å². The smallest absolute Gasteiger partial charge is 0.223 e. The zero-order chi connectivity index (χ0) is 14.5. The molecule has 0 unspecified atom stereocenters. The van der Waals surface area contributed by atoms with E-state index in [4.69, 9.17) is 5.73 Å². The largest absolute Gasteiger partial charge is 0.368 e. The van der Waals surface area contributed by atoms with E-state index in [2.05, 4.69) is 24.9 Å². The lowest BCUT2D eigenvalue weighted by atomic mass is 10.2. The van der Waals surface area contributed by atoms with Crippen LogP contribution in [0.3, 0.4) is 0 Å². The van der Waals surface area contributed by atoms with Crippen LogP contribution in [-0.4, -0.2) is 24.9 Å². The molecule has 0 aliphatic heterocycles. The van der Waals surface area contributed by atoms with E-state index < -0.39 is 0 Å². The van der Waals surface area contributed by atoms with Gasteiger partial charge in [0.05, 0.1) is 12.8 Å². The first-order valence-electron chi connectivity index (χ1n) is 6.59. The zero-order valence-corrected chi connectivity index (χ0v) is 11.3. The van der Waals surface area contributed by atoms with Crippen LogP contribution in [0.15, 0.2) is 48.8 Å². The monoisotopic (exact) mass is 278 g/mol. The molecule has 3 heterocycles. The highest BCUT2D eigenvalue weighted by molar-refractivity contribution is 5.21. The van der Waals surface area contributed by atoms with Crippen LogP contribution in [0, 0.1) is 0 Å². The fraction of sp³-hybridized carbons (Fsp3) is 0.133. The van der Waals surface area contributed by atoms with Gasteiger partial charge in [-0.3, -0.25) is 9.97 Å². The molecule has 3 rings (SSSR count). The molecular formula is C15H14N6. The predicted molar refractivity (Wildman–Crippen MR) is 78.3 cm³/mol. The van der Waals surface area contributed by atoms with Gasteiger partial charge in [-0.1, -0.05) is 12.1 Å². The molecule has 6 nitrogen and oxygen atoms in total. The molecule has 0 saturated carbocycles. The van der Waals surface area contributed by atoms with Crippen molar-refractivity contribution in [3.05, 3.63) is 71.8 Å². The summed E-state index contributed by atoms with van der Waals surface area (Å²) in [4.78, 5) is 21.3. The van der Waals surface area contributed by atoms with Crippen LogP contribution in [0.1, 0.15) is 23.0 Å². The molecule has 0 fully saturated rings. The summed E-state index contributed by atoms with van der Waals surface area (Å²) in [5.74, 6) is 1.46. The van der Waals surface area contributed by atoms with Gasteiger partial charge in [-0.05, 0) is 24.3 Å². The normalized spacial score (nSPS) is 10.5. The van der Waals surface area contributed by atoms with Gasteiger partial charge in [-0.2, -0.15) is 9.97 Å². The molecule has 0 amide bonds. The SMILES string of the molecule is Nc1nc(Cc2ccccn2)nc(Cc2ccccn2)n1. The molecule has 2 N–H and O–H groups in total. The third-order valence-corrected chi connectivity index (χ3v) is 2.88. The summed E-state index contributed by atoms with van der Waals surface area (Å²) in [6.07, 6.45) is 4.55. The predicted octanol–water partition coefficient (Wildman–Crippen LogP) is 1.43. The Balaban J connectivity index is 1.83. The van der Waals surface area contributed by atoms with E-state index in [1.165, 1.54) is 0 Å². The van der Waals surface area contributed by atoms with Crippen LogP contribution in [-0.2, 0) is 12.8 Å². The van der Waals surface area contributed by atoms with Crippen LogP contribution < -0.4 is 5.73 Å². The summed E-state index contributed by atoms with van der Waals surface area (Å²) in [6.45, 7) is 0. The Hall–Kier alpha value is -2.89. The molecule has 0 saturated heterocycles. The second-order valence-electron chi connectivity index (χ2n) is 4.52. The van der Waals surface area contributed by atoms with Gasteiger partial charge in [0.15, 0.2) is 0 Å². The topological polar surface area (TPSA) is 90.5 Å². The quantitative estimate of drug-likeness (QED) is 0.776. The second kappa shape index (κ2) is 6.04. The molecule has 0 aromatic carbocycles. The third kappa shape index (κ3) is 3.56. The molecule has 104 valence electrons. The molecule has 0 aliphatic carbocycles. The van der Waals surface area contributed by atoms with E-state index in [1.807, 2.05) is 36.4 Å². The van der Waals surface area contributed by atoms with Crippen molar-refractivity contribution in [2.24, 2.45) is 0 Å². The summed E-state index contributed by atoms with van der Waals surface area (Å²) in [5, 5.41) is 0. The number of hydrogen-bond donors (Lipinski definition) is 1. The number of aromatic nitrogens is 5. The van der Waals surface area contributed by atoms with Crippen molar-refractivity contribution in [2.75, 3.05) is 5.73 Å². The lowest BCUT2D eigenvalue weighted by molar-refractivity contribution is 0.839.